The highest BCUT2D eigenvalue weighted by molar-refractivity contribution is 5.37. The fourth-order valence-corrected chi connectivity index (χ4v) is 5.14. The largest absolute Gasteiger partial charge is 0.0628 e. The van der Waals surface area contributed by atoms with E-state index in [1.54, 1.807) is 26.0 Å². The summed E-state index contributed by atoms with van der Waals surface area (Å²) in [5.41, 5.74) is -12.9. The van der Waals surface area contributed by atoms with E-state index in [-0.39, 0.29) is 68.7 Å². The van der Waals surface area contributed by atoms with E-state index in [0.717, 1.165) is 5.56 Å². The molecule has 0 radical (unpaired) electrons. The summed E-state index contributed by atoms with van der Waals surface area (Å²) in [4.78, 5) is 0. The smallest absolute Gasteiger partial charge is 0.0620 e. The molecular weight excluding hydrogens is 925 g/mol. The van der Waals surface area contributed by atoms with Crippen molar-refractivity contribution in [2.45, 2.75) is 195 Å². The second kappa shape index (κ2) is 33.1. The van der Waals surface area contributed by atoms with Gasteiger partial charge < -0.3 is 0 Å². The molecule has 0 aliphatic heterocycles. The first-order chi connectivity index (χ1) is 64.5. The van der Waals surface area contributed by atoms with E-state index in [0.29, 0.717) is 11.1 Å². The monoisotopic (exact) mass is 1100 g/mol. The second-order valence-electron chi connectivity index (χ2n) is 16.3. The lowest BCUT2D eigenvalue weighted by atomic mass is 9.84. The van der Waals surface area contributed by atoms with Gasteiger partial charge >= 0.3 is 0 Å². The van der Waals surface area contributed by atoms with Gasteiger partial charge in [0.25, 0.3) is 0 Å². The third-order valence-corrected chi connectivity index (χ3v) is 9.23. The van der Waals surface area contributed by atoms with E-state index in [9.17, 15) is 0 Å². The molecule has 0 aromatic heterocycles. The van der Waals surface area contributed by atoms with E-state index in [1.807, 2.05) is 0 Å². The first kappa shape index (κ1) is 17.4. The first-order valence-corrected chi connectivity index (χ1v) is 22.2. The number of rotatable bonds is 0. The van der Waals surface area contributed by atoms with Crippen molar-refractivity contribution >= 4 is 0 Å². The van der Waals surface area contributed by atoms with Gasteiger partial charge in [-0.05, 0) is 189 Å². The minimum absolute atomic E-state index is 0.0387. The molecule has 0 saturated heterocycles. The van der Waals surface area contributed by atoms with E-state index >= 15 is 0 Å². The van der Waals surface area contributed by atoms with Gasteiger partial charge in [0.05, 0.1) is 21.9 Å². The minimum Gasteiger partial charge on any atom is -0.0620 e. The molecule has 414 valence electrons. The standard InChI is InChI=1S/3C11H16.C10H14.2C9H12.2C8H10/c1-9-5-7-10(8-6-9)11(2,3)4;1-9-6-5-7-10(8-9)11(2,3)4;1-9-7-5-6-8-10(9)11(2,3)4;1-7-5-8(2)10(4)9(3)6-7;1-7-4-8(2)6-9(3)5-7;1-7-5-4-6-8(2)9(7)3;1-7-3-5-8(2)6-4-7;1-7-4-3-5-8(2)6-7/h3*5-8H,1-4H3;5-6H,1-4H3;2*4-6H,1-3H3;2*3-6H,1-2H3/i3*2D3,3D3,4D3;1D3,2D3,3D3,5D,6D;2*1D3,2D3,4D,5D,6D;2*1D3,3D,4D,5D,6D. The normalized spacial score (nSPS) is 26.7. The van der Waals surface area contributed by atoms with Crippen LogP contribution in [0.1, 0.15) is 269 Å². The van der Waals surface area contributed by atoms with Crippen molar-refractivity contribution in [1.29, 1.82) is 0 Å². The van der Waals surface area contributed by atoms with Crippen LogP contribution in [0.3, 0.4) is 0 Å². The molecule has 8 aromatic carbocycles. The summed E-state index contributed by atoms with van der Waals surface area (Å²) in [7, 11) is 0. The lowest BCUT2D eigenvalue weighted by Gasteiger charge is -2.21. The molecule has 0 heteroatoms. The number of aryl methyl sites for hydroxylation is 3. The number of hydrogen-bond donors (Lipinski definition) is 0. The van der Waals surface area contributed by atoms with Crippen LogP contribution in [0.5, 0.6) is 0 Å². The van der Waals surface area contributed by atoms with Crippen molar-refractivity contribution in [2.75, 3.05) is 0 Å². The summed E-state index contributed by atoms with van der Waals surface area (Å²) < 4.78 is 522. The number of hydrogen-bond acceptors (Lipinski definition) is 0. The van der Waals surface area contributed by atoms with Crippen LogP contribution >= 0.6 is 0 Å². The van der Waals surface area contributed by atoms with Crippen LogP contribution in [0.15, 0.2) is 169 Å². The van der Waals surface area contributed by atoms with Gasteiger partial charge in [-0.2, -0.15) is 0 Å². The maximum atomic E-state index is 7.82. The molecular formula is C77H106. The molecule has 0 aliphatic carbocycles. The van der Waals surface area contributed by atoms with Crippen molar-refractivity contribution in [1.82, 2.24) is 0 Å². The zero-order valence-corrected chi connectivity index (χ0v) is 43.4. The Morgan fingerprint density at radius 3 is 1.25 bits per heavy atom. The summed E-state index contributed by atoms with van der Waals surface area (Å²) in [6.07, 6.45) is 0. The summed E-state index contributed by atoms with van der Waals surface area (Å²) >= 11 is 0. The highest BCUT2D eigenvalue weighted by Gasteiger charge is 2.15. The molecule has 0 aliphatic rings. The Balaban J connectivity index is 0.000000842. The fourth-order valence-electron chi connectivity index (χ4n) is 5.14. The summed E-state index contributed by atoms with van der Waals surface area (Å²) in [5.74, 6) is 0. The molecule has 0 N–H and O–H groups in total. The lowest BCUT2D eigenvalue weighted by molar-refractivity contribution is 0.586. The van der Waals surface area contributed by atoms with Gasteiger partial charge in [-0.1, -0.05) is 287 Å². The van der Waals surface area contributed by atoms with Crippen LogP contribution in [0.4, 0.5) is 0 Å². The average Bonchev–Trinajstić information content (AvgIpc) is 0.698. The highest BCUT2D eigenvalue weighted by Crippen LogP contribution is 2.25. The van der Waals surface area contributed by atoms with Crippen LogP contribution in [0.25, 0.3) is 0 Å². The van der Waals surface area contributed by atoms with E-state index in [2.05, 4.69) is 0 Å². The predicted molar refractivity (Wildman–Crippen MR) is 348 cm³/mol. The van der Waals surface area contributed by atoms with Crippen molar-refractivity contribution < 1.29 is 96.0 Å². The van der Waals surface area contributed by atoms with Crippen molar-refractivity contribution in [3.63, 3.8) is 0 Å². The molecule has 8 rings (SSSR count). The Kier molecular flexibility index (Phi) is 7.48. The topological polar surface area (TPSA) is 0 Å². The van der Waals surface area contributed by atoms with Crippen molar-refractivity contribution in [3.05, 3.63) is 281 Å². The molecule has 0 saturated carbocycles. The van der Waals surface area contributed by atoms with Gasteiger partial charge in [0.2, 0.25) is 0 Å². The van der Waals surface area contributed by atoms with Crippen LogP contribution in [-0.4, -0.2) is 0 Å². The minimum atomic E-state index is -3.20. The highest BCUT2D eigenvalue weighted by atomic mass is 14.2. The zero-order valence-electron chi connectivity index (χ0n) is 113. The predicted octanol–water partition coefficient (Wildman–Crippen LogP) is 22.6. The summed E-state index contributed by atoms with van der Waals surface area (Å²) in [5, 5.41) is 0. The molecule has 0 unspecified atom stereocenters. The Morgan fingerprint density at radius 1 is 0.286 bits per heavy atom. The van der Waals surface area contributed by atoms with E-state index in [4.69, 9.17) is 96.0 Å². The zero-order chi connectivity index (χ0) is 118. The second-order valence-corrected chi connectivity index (χ2v) is 16.3. The fraction of sp³-hybridized carbons (Fsp3) is 0.377. The molecule has 0 bridgehead atoms. The third kappa shape index (κ3) is 29.2. The Bertz CT molecular complexity index is 5380. The lowest BCUT2D eigenvalue weighted by Crippen LogP contribution is -2.12. The molecule has 0 nitrogen and oxygen atoms in total. The van der Waals surface area contributed by atoms with Crippen molar-refractivity contribution in [3.8, 4) is 0 Å². The van der Waals surface area contributed by atoms with E-state index < -0.39 is 262 Å². The summed E-state index contributed by atoms with van der Waals surface area (Å²) in [6, 6.07) is 8.74. The average molecular weight is 1100 g/mol. The van der Waals surface area contributed by atoms with Crippen LogP contribution < -0.4 is 0 Å². The number of benzene rings is 8. The van der Waals surface area contributed by atoms with Gasteiger partial charge in [-0.25, -0.2) is 0 Å². The van der Waals surface area contributed by atoms with Crippen LogP contribution in [-0.2, 0) is 16.2 Å². The van der Waals surface area contributed by atoms with Crippen LogP contribution in [0.2, 0.25) is 0 Å². The quantitative estimate of drug-likeness (QED) is 0.142. The van der Waals surface area contributed by atoms with Crippen LogP contribution in [0, 0.1) is 117 Å². The molecule has 0 fully saturated rings. The van der Waals surface area contributed by atoms with Gasteiger partial charge in [0.15, 0.2) is 0 Å². The summed E-state index contributed by atoms with van der Waals surface area (Å²) in [6.45, 7) is -41.9. The van der Waals surface area contributed by atoms with Gasteiger partial charge in [0.1, 0.15) is 0 Å². The van der Waals surface area contributed by atoms with Crippen molar-refractivity contribution in [2.24, 2.45) is 0 Å². The Hall–Kier alpha value is -6.24. The first-order valence-electron chi connectivity index (χ1n) is 57.2. The van der Waals surface area contributed by atoms with Gasteiger partial charge in [-0.3, -0.25) is 0 Å². The van der Waals surface area contributed by atoms with Gasteiger partial charge in [0, 0.05) is 74.0 Å². The molecule has 0 atom stereocenters. The molecule has 0 amide bonds. The van der Waals surface area contributed by atoms with E-state index in [1.165, 1.54) is 102 Å². The maximum Gasteiger partial charge on any atom is 0.0628 e. The third-order valence-electron chi connectivity index (χ3n) is 9.23. The SMILES string of the molecule is [2H]C([2H])([2H])C(c1ccc(C)cc1)(C([2H])([2H])[2H])C([2H])([2H])[2H].[2H]C([2H])([2H])C(c1cccc(C)c1)(C([2H])([2H])[2H])C([2H])([2H])[2H].[2H]C([2H])([2H])C(c1ccccc1C)(C([2H])([2H])[2H])C([2H])([2H])[2H].[2H]c1c(C([2H])([2H])[2H])c([2H])c(C([2H])([2H])[2H])c(C)c1C([2H])([2H])[2H].[2H]c1c(C)c([2H])c(C([2H])([2H])[2H])c([2H])c1C([2H])([2H])[2H].[2H]c1c([2H])c(C([2H])([2H])[2H])c(C)c(C([2H])([2H])[2H])c1[2H].[2H]c1c([2H])c(C([2H])([2H])[2H])c([2H])c([2H])c1C.[2H]c1c([2H])c(C)c([2H])c(C([2H])([2H])[2H])c1[2H]. The Labute approximate surface area is 573 Å². The molecule has 0 spiro atoms. The molecule has 8 aromatic rings. The molecule has 77 heavy (non-hydrogen) atoms. The Morgan fingerprint density at radius 2 is 0.740 bits per heavy atom. The van der Waals surface area contributed by atoms with Gasteiger partial charge in [-0.15, -0.1) is 0 Å². The maximum absolute atomic E-state index is 7.82. The molecule has 0 heterocycles.